The minimum atomic E-state index is 0.0393. The van der Waals surface area contributed by atoms with Crippen LogP contribution < -0.4 is 0 Å². The van der Waals surface area contributed by atoms with Gasteiger partial charge in [-0.3, -0.25) is 0 Å². The van der Waals surface area contributed by atoms with Crippen molar-refractivity contribution in [3.63, 3.8) is 0 Å². The molecule has 8 nitrogen and oxygen atoms in total. The molecule has 1 aromatic carbocycles. The van der Waals surface area contributed by atoms with Crippen molar-refractivity contribution in [1.29, 1.82) is 0 Å². The Kier molecular flexibility index (Phi) is 4.34. The lowest BCUT2D eigenvalue weighted by Crippen LogP contribution is -2.08. The summed E-state index contributed by atoms with van der Waals surface area (Å²) in [4.78, 5) is 25.7. The maximum absolute atomic E-state index is 6.11. The summed E-state index contributed by atoms with van der Waals surface area (Å²) in [5.41, 5.74) is 3.43. The zero-order valence-corrected chi connectivity index (χ0v) is 16.4. The maximum atomic E-state index is 6.11. The summed E-state index contributed by atoms with van der Waals surface area (Å²) < 4.78 is 3.39. The Balaban J connectivity index is 1.57. The first-order chi connectivity index (χ1) is 13.7. The number of imidazole rings is 2. The fourth-order valence-corrected chi connectivity index (χ4v) is 4.10. The fraction of sp³-hybridized carbons (Fsp3) is 0.0588. The van der Waals surface area contributed by atoms with Crippen molar-refractivity contribution in [3.05, 3.63) is 65.3 Å². The van der Waals surface area contributed by atoms with E-state index in [4.69, 9.17) is 23.2 Å². The second-order valence-electron chi connectivity index (χ2n) is 5.76. The number of aromatic nitrogens is 8. The second-order valence-corrected chi connectivity index (χ2v) is 7.42. The standard InChI is InChI=1S/C17H10Cl2N8S/c18-13-11-15(25-17(19)24-13)27(8-22-11)26-9-23-12-14(26)20-7-21-16(12)28-6-10-4-2-1-3-5-10/h1-5,7-9H,6H2. The van der Waals surface area contributed by atoms with Gasteiger partial charge in [0.1, 0.15) is 35.0 Å². The fourth-order valence-electron chi connectivity index (χ4n) is 2.78. The van der Waals surface area contributed by atoms with Crippen molar-refractivity contribution in [2.45, 2.75) is 10.8 Å². The molecular weight excluding hydrogens is 419 g/mol. The zero-order valence-electron chi connectivity index (χ0n) is 14.1. The van der Waals surface area contributed by atoms with E-state index < -0.39 is 0 Å². The average Bonchev–Trinajstić information content (AvgIpc) is 3.31. The Hall–Kier alpha value is -2.75. The zero-order chi connectivity index (χ0) is 19.1. The summed E-state index contributed by atoms with van der Waals surface area (Å²) in [6, 6.07) is 10.2. The number of nitrogens with zero attached hydrogens (tertiary/aromatic N) is 8. The van der Waals surface area contributed by atoms with E-state index in [0.717, 1.165) is 10.8 Å². The largest absolute Gasteiger partial charge is 0.230 e. The molecule has 0 spiro atoms. The first-order valence-corrected chi connectivity index (χ1v) is 9.86. The molecule has 0 aliphatic heterocycles. The molecule has 0 saturated heterocycles. The van der Waals surface area contributed by atoms with E-state index in [9.17, 15) is 0 Å². The van der Waals surface area contributed by atoms with Gasteiger partial charge in [-0.15, -0.1) is 0 Å². The van der Waals surface area contributed by atoms with E-state index in [1.807, 2.05) is 18.2 Å². The molecular formula is C17H10Cl2N8S. The van der Waals surface area contributed by atoms with Gasteiger partial charge in [0.15, 0.2) is 16.4 Å². The minimum Gasteiger partial charge on any atom is -0.230 e. The van der Waals surface area contributed by atoms with Crippen LogP contribution in [0.3, 0.4) is 0 Å². The lowest BCUT2D eigenvalue weighted by molar-refractivity contribution is 0.687. The average molecular weight is 429 g/mol. The Labute approximate surface area is 172 Å². The second kappa shape index (κ2) is 7.01. The third-order valence-electron chi connectivity index (χ3n) is 4.04. The van der Waals surface area contributed by atoms with Gasteiger partial charge in [0.05, 0.1) is 0 Å². The third-order valence-corrected chi connectivity index (χ3v) is 5.52. The topological polar surface area (TPSA) is 87.2 Å². The predicted molar refractivity (Wildman–Crippen MR) is 107 cm³/mol. The number of rotatable bonds is 4. The van der Waals surface area contributed by atoms with Crippen LogP contribution in [-0.2, 0) is 5.75 Å². The van der Waals surface area contributed by atoms with Gasteiger partial charge >= 0.3 is 0 Å². The Morgan fingerprint density at radius 1 is 0.821 bits per heavy atom. The van der Waals surface area contributed by atoms with Crippen LogP contribution in [0.2, 0.25) is 10.4 Å². The number of hydrogen-bond donors (Lipinski definition) is 0. The molecule has 138 valence electrons. The number of fused-ring (bicyclic) bond motifs is 2. The van der Waals surface area contributed by atoms with Crippen LogP contribution in [-0.4, -0.2) is 39.3 Å². The van der Waals surface area contributed by atoms with E-state index >= 15 is 0 Å². The molecule has 0 saturated carbocycles. The summed E-state index contributed by atoms with van der Waals surface area (Å²) in [5.74, 6) is 0.784. The molecule has 0 aliphatic rings. The molecule has 0 amide bonds. The molecule has 0 fully saturated rings. The highest BCUT2D eigenvalue weighted by molar-refractivity contribution is 7.98. The number of benzene rings is 1. The molecule has 0 N–H and O–H groups in total. The van der Waals surface area contributed by atoms with Crippen molar-refractivity contribution in [2.24, 2.45) is 0 Å². The highest BCUT2D eigenvalue weighted by Gasteiger charge is 2.16. The summed E-state index contributed by atoms with van der Waals surface area (Å²) >= 11 is 13.7. The molecule has 5 aromatic rings. The Morgan fingerprint density at radius 2 is 1.57 bits per heavy atom. The number of hydrogen-bond acceptors (Lipinski definition) is 7. The van der Waals surface area contributed by atoms with Gasteiger partial charge < -0.3 is 0 Å². The molecule has 28 heavy (non-hydrogen) atoms. The highest BCUT2D eigenvalue weighted by Crippen LogP contribution is 2.27. The SMILES string of the molecule is Clc1nc(Cl)c2ncn(-n3cnc4c(SCc5ccccc5)ncnc43)c2n1. The lowest BCUT2D eigenvalue weighted by atomic mass is 10.2. The van der Waals surface area contributed by atoms with Crippen molar-refractivity contribution in [2.75, 3.05) is 0 Å². The van der Waals surface area contributed by atoms with Gasteiger partial charge in [0.25, 0.3) is 0 Å². The van der Waals surface area contributed by atoms with E-state index in [0.29, 0.717) is 22.3 Å². The first kappa shape index (κ1) is 17.4. The van der Waals surface area contributed by atoms with E-state index in [1.54, 1.807) is 33.8 Å². The molecule has 4 heterocycles. The highest BCUT2D eigenvalue weighted by atomic mass is 35.5. The normalized spacial score (nSPS) is 11.5. The molecule has 0 atom stereocenters. The quantitative estimate of drug-likeness (QED) is 0.243. The maximum Gasteiger partial charge on any atom is 0.225 e. The van der Waals surface area contributed by atoms with Gasteiger partial charge in [-0.25, -0.2) is 34.3 Å². The van der Waals surface area contributed by atoms with Gasteiger partial charge in [0.2, 0.25) is 5.28 Å². The Bertz CT molecular complexity index is 1300. The van der Waals surface area contributed by atoms with Crippen LogP contribution in [0.5, 0.6) is 0 Å². The molecule has 5 rings (SSSR count). The van der Waals surface area contributed by atoms with Gasteiger partial charge in [-0.2, -0.15) is 4.98 Å². The predicted octanol–water partition coefficient (Wildman–Crippen LogP) is 3.88. The van der Waals surface area contributed by atoms with Crippen molar-refractivity contribution >= 4 is 57.3 Å². The summed E-state index contributed by atoms with van der Waals surface area (Å²) in [6.45, 7) is 0. The van der Waals surface area contributed by atoms with E-state index in [1.165, 1.54) is 11.9 Å². The molecule has 0 aliphatic carbocycles. The van der Waals surface area contributed by atoms with Crippen LogP contribution in [0, 0.1) is 0 Å². The molecule has 0 bridgehead atoms. The van der Waals surface area contributed by atoms with Crippen LogP contribution >= 0.6 is 35.0 Å². The van der Waals surface area contributed by atoms with E-state index in [2.05, 4.69) is 42.0 Å². The van der Waals surface area contributed by atoms with Crippen LogP contribution in [0.4, 0.5) is 0 Å². The molecule has 0 unspecified atom stereocenters. The first-order valence-electron chi connectivity index (χ1n) is 8.12. The summed E-state index contributed by atoms with van der Waals surface area (Å²) in [7, 11) is 0. The minimum absolute atomic E-state index is 0.0393. The van der Waals surface area contributed by atoms with Crippen molar-refractivity contribution in [1.82, 2.24) is 39.3 Å². The van der Waals surface area contributed by atoms with E-state index in [-0.39, 0.29) is 10.4 Å². The van der Waals surface area contributed by atoms with Crippen molar-refractivity contribution < 1.29 is 0 Å². The molecule has 11 heteroatoms. The Morgan fingerprint density at radius 3 is 2.39 bits per heavy atom. The van der Waals surface area contributed by atoms with Gasteiger partial charge in [-0.1, -0.05) is 53.7 Å². The monoisotopic (exact) mass is 428 g/mol. The smallest absolute Gasteiger partial charge is 0.225 e. The summed E-state index contributed by atoms with van der Waals surface area (Å²) in [5, 5.41) is 1.02. The van der Waals surface area contributed by atoms with Gasteiger partial charge in [0, 0.05) is 5.75 Å². The summed E-state index contributed by atoms with van der Waals surface area (Å²) in [6.07, 6.45) is 4.72. The number of thioether (sulfide) groups is 1. The van der Waals surface area contributed by atoms with Gasteiger partial charge in [-0.05, 0) is 17.2 Å². The molecule has 4 aromatic heterocycles. The third kappa shape index (κ3) is 2.97. The molecule has 0 radical (unpaired) electrons. The van der Waals surface area contributed by atoms with Crippen LogP contribution in [0.15, 0.2) is 54.3 Å². The van der Waals surface area contributed by atoms with Crippen LogP contribution in [0.1, 0.15) is 5.56 Å². The number of halogens is 2. The van der Waals surface area contributed by atoms with Crippen LogP contribution in [0.25, 0.3) is 22.3 Å². The van der Waals surface area contributed by atoms with Crippen molar-refractivity contribution in [3.8, 4) is 0 Å². The lowest BCUT2D eigenvalue weighted by Gasteiger charge is -2.06.